The molecular formula is C16H20ClNO2. The Morgan fingerprint density at radius 2 is 1.95 bits per heavy atom. The molecule has 2 aliphatic rings. The van der Waals surface area contributed by atoms with E-state index in [1.807, 2.05) is 12.1 Å². The molecule has 0 bridgehead atoms. The summed E-state index contributed by atoms with van der Waals surface area (Å²) in [5.74, 6) is 0.805. The van der Waals surface area contributed by atoms with E-state index in [0.29, 0.717) is 17.5 Å². The third kappa shape index (κ3) is 3.09. The first kappa shape index (κ1) is 13.7. The average molecular weight is 294 g/mol. The van der Waals surface area contributed by atoms with Crippen LogP contribution in [0.2, 0.25) is 5.02 Å². The van der Waals surface area contributed by atoms with E-state index in [0.717, 1.165) is 24.2 Å². The first-order chi connectivity index (χ1) is 9.72. The molecule has 1 N–H and O–H groups in total. The molecular weight excluding hydrogens is 274 g/mol. The number of rotatable bonds is 2. The van der Waals surface area contributed by atoms with Crippen molar-refractivity contribution in [3.05, 3.63) is 28.8 Å². The Labute approximate surface area is 124 Å². The summed E-state index contributed by atoms with van der Waals surface area (Å²) in [6.45, 7) is 0. The van der Waals surface area contributed by atoms with Gasteiger partial charge in [0.2, 0.25) is 0 Å². The van der Waals surface area contributed by atoms with Crippen LogP contribution < -0.4 is 10.1 Å². The Balaban J connectivity index is 1.59. The lowest BCUT2D eigenvalue weighted by molar-refractivity contribution is -0.128. The lowest BCUT2D eigenvalue weighted by Crippen LogP contribution is -2.43. The second-order valence-corrected chi connectivity index (χ2v) is 6.20. The Bertz CT molecular complexity index is 495. The second-order valence-electron chi connectivity index (χ2n) is 5.76. The van der Waals surface area contributed by atoms with E-state index in [2.05, 4.69) is 5.32 Å². The Morgan fingerprint density at radius 1 is 1.20 bits per heavy atom. The second kappa shape index (κ2) is 6.04. The summed E-state index contributed by atoms with van der Waals surface area (Å²) in [6, 6.07) is 5.85. The Kier molecular flexibility index (Phi) is 4.16. The summed E-state index contributed by atoms with van der Waals surface area (Å²) in [4.78, 5) is 12.3. The van der Waals surface area contributed by atoms with E-state index >= 15 is 0 Å². The molecule has 1 aliphatic carbocycles. The van der Waals surface area contributed by atoms with Crippen LogP contribution in [0.25, 0.3) is 0 Å². The van der Waals surface area contributed by atoms with Gasteiger partial charge in [-0.25, -0.2) is 0 Å². The summed E-state index contributed by atoms with van der Waals surface area (Å²) in [5, 5.41) is 3.85. The predicted molar refractivity (Wildman–Crippen MR) is 79.2 cm³/mol. The summed E-state index contributed by atoms with van der Waals surface area (Å²) < 4.78 is 5.73. The molecule has 108 valence electrons. The van der Waals surface area contributed by atoms with Crippen LogP contribution >= 0.6 is 11.6 Å². The van der Waals surface area contributed by atoms with Crippen molar-refractivity contribution >= 4 is 17.5 Å². The lowest BCUT2D eigenvalue weighted by Gasteiger charge is -2.18. The minimum Gasteiger partial charge on any atom is -0.480 e. The number of hydrogen-bond acceptors (Lipinski definition) is 2. The topological polar surface area (TPSA) is 38.3 Å². The molecule has 1 aromatic carbocycles. The first-order valence-corrected chi connectivity index (χ1v) is 7.85. The van der Waals surface area contributed by atoms with Gasteiger partial charge in [0.25, 0.3) is 5.91 Å². The maximum absolute atomic E-state index is 12.3. The third-order valence-corrected chi connectivity index (χ3v) is 4.43. The molecule has 0 unspecified atom stereocenters. The highest BCUT2D eigenvalue weighted by Crippen LogP contribution is 2.31. The van der Waals surface area contributed by atoms with Gasteiger partial charge in [-0.3, -0.25) is 4.79 Å². The van der Waals surface area contributed by atoms with E-state index in [9.17, 15) is 4.79 Å². The smallest absolute Gasteiger partial charge is 0.261 e. The van der Waals surface area contributed by atoms with E-state index in [1.54, 1.807) is 6.07 Å². The number of carbonyl (C=O) groups excluding carboxylic acids is 1. The zero-order valence-electron chi connectivity index (χ0n) is 11.5. The zero-order valence-corrected chi connectivity index (χ0v) is 12.3. The average Bonchev–Trinajstić information content (AvgIpc) is 2.68. The molecule has 0 saturated heterocycles. The molecule has 0 radical (unpaired) electrons. The molecule has 0 spiro atoms. The summed E-state index contributed by atoms with van der Waals surface area (Å²) in [5.41, 5.74) is 1.03. The van der Waals surface area contributed by atoms with Gasteiger partial charge in [0.05, 0.1) is 0 Å². The molecule has 1 atom stereocenters. The monoisotopic (exact) mass is 293 g/mol. The van der Waals surface area contributed by atoms with Gasteiger partial charge in [0.1, 0.15) is 5.75 Å². The van der Waals surface area contributed by atoms with E-state index in [1.165, 1.54) is 25.7 Å². The molecule has 3 rings (SSSR count). The van der Waals surface area contributed by atoms with Crippen molar-refractivity contribution in [1.82, 2.24) is 5.32 Å². The summed E-state index contributed by atoms with van der Waals surface area (Å²) >= 11 is 5.97. The minimum atomic E-state index is -0.397. The number of nitrogens with one attached hydrogen (secondary N) is 1. The number of benzene rings is 1. The Morgan fingerprint density at radius 3 is 2.70 bits per heavy atom. The zero-order chi connectivity index (χ0) is 13.9. The van der Waals surface area contributed by atoms with E-state index in [-0.39, 0.29) is 5.91 Å². The van der Waals surface area contributed by atoms with Gasteiger partial charge in [-0.05, 0) is 36.6 Å². The third-order valence-electron chi connectivity index (χ3n) is 4.19. The largest absolute Gasteiger partial charge is 0.480 e. The highest BCUT2D eigenvalue weighted by molar-refractivity contribution is 6.30. The van der Waals surface area contributed by atoms with Gasteiger partial charge in [0, 0.05) is 17.5 Å². The molecule has 1 aromatic rings. The van der Waals surface area contributed by atoms with Gasteiger partial charge in [-0.1, -0.05) is 37.3 Å². The van der Waals surface area contributed by atoms with Crippen molar-refractivity contribution in [1.29, 1.82) is 0 Å². The van der Waals surface area contributed by atoms with Crippen LogP contribution in [-0.4, -0.2) is 18.1 Å². The number of carbonyl (C=O) groups is 1. The van der Waals surface area contributed by atoms with Crippen LogP contribution in [0.1, 0.15) is 44.1 Å². The van der Waals surface area contributed by atoms with Gasteiger partial charge in [0.15, 0.2) is 6.10 Å². The van der Waals surface area contributed by atoms with Crippen LogP contribution in [0.5, 0.6) is 5.75 Å². The summed E-state index contributed by atoms with van der Waals surface area (Å²) in [7, 11) is 0. The normalized spacial score (nSPS) is 22.8. The van der Waals surface area contributed by atoms with Crippen LogP contribution in [0.15, 0.2) is 18.2 Å². The van der Waals surface area contributed by atoms with E-state index in [4.69, 9.17) is 16.3 Å². The SMILES string of the molecule is O=C(NC1CCCCCC1)[C@H]1Cc2cc(Cl)ccc2O1. The number of hydrogen-bond donors (Lipinski definition) is 1. The van der Waals surface area contributed by atoms with Gasteiger partial charge >= 0.3 is 0 Å². The van der Waals surface area contributed by atoms with Crippen LogP contribution in [0, 0.1) is 0 Å². The molecule has 4 heteroatoms. The van der Waals surface area contributed by atoms with E-state index < -0.39 is 6.10 Å². The quantitative estimate of drug-likeness (QED) is 0.848. The van der Waals surface area contributed by atoms with Crippen molar-refractivity contribution in [2.45, 2.75) is 57.1 Å². The standard InChI is InChI=1S/C16H20ClNO2/c17-12-7-8-14-11(9-12)10-15(20-14)16(19)18-13-5-3-1-2-4-6-13/h7-9,13,15H,1-6,10H2,(H,18,19)/t15-/m1/s1. The minimum absolute atomic E-state index is 0.0178. The van der Waals surface area contributed by atoms with Crippen molar-refractivity contribution < 1.29 is 9.53 Å². The molecule has 1 amide bonds. The number of ether oxygens (including phenoxy) is 1. The molecule has 20 heavy (non-hydrogen) atoms. The number of fused-ring (bicyclic) bond motifs is 1. The van der Waals surface area contributed by atoms with Crippen molar-refractivity contribution in [3.63, 3.8) is 0 Å². The number of halogens is 1. The fourth-order valence-electron chi connectivity index (χ4n) is 3.08. The van der Waals surface area contributed by atoms with Crippen LogP contribution in [0.3, 0.4) is 0 Å². The van der Waals surface area contributed by atoms with Gasteiger partial charge in [-0.2, -0.15) is 0 Å². The van der Waals surface area contributed by atoms with Crippen molar-refractivity contribution in [2.75, 3.05) is 0 Å². The van der Waals surface area contributed by atoms with Crippen LogP contribution in [0.4, 0.5) is 0 Å². The molecule has 0 aromatic heterocycles. The maximum atomic E-state index is 12.3. The van der Waals surface area contributed by atoms with Gasteiger partial charge in [-0.15, -0.1) is 0 Å². The number of amides is 1. The molecule has 1 saturated carbocycles. The molecule has 3 nitrogen and oxygen atoms in total. The first-order valence-electron chi connectivity index (χ1n) is 7.48. The Hall–Kier alpha value is -1.22. The maximum Gasteiger partial charge on any atom is 0.261 e. The fraction of sp³-hybridized carbons (Fsp3) is 0.562. The lowest BCUT2D eigenvalue weighted by atomic mass is 10.1. The highest BCUT2D eigenvalue weighted by Gasteiger charge is 2.30. The summed E-state index contributed by atoms with van der Waals surface area (Å²) in [6.07, 6.45) is 7.42. The van der Waals surface area contributed by atoms with Gasteiger partial charge < -0.3 is 10.1 Å². The van der Waals surface area contributed by atoms with Crippen LogP contribution in [-0.2, 0) is 11.2 Å². The van der Waals surface area contributed by atoms with Crippen molar-refractivity contribution in [2.24, 2.45) is 0 Å². The van der Waals surface area contributed by atoms with Crippen molar-refractivity contribution in [3.8, 4) is 5.75 Å². The molecule has 1 fully saturated rings. The molecule has 1 aliphatic heterocycles. The molecule has 1 heterocycles. The predicted octanol–water partition coefficient (Wildman–Crippen LogP) is 3.48. The fourth-order valence-corrected chi connectivity index (χ4v) is 3.28. The highest BCUT2D eigenvalue weighted by atomic mass is 35.5.